The summed E-state index contributed by atoms with van der Waals surface area (Å²) in [6.07, 6.45) is 1.20. The summed E-state index contributed by atoms with van der Waals surface area (Å²) in [7, 11) is -2.82. The second-order valence-corrected chi connectivity index (χ2v) is 11.6. The molecule has 0 radical (unpaired) electrons. The molecule has 3 fully saturated rings. The molecule has 2 atom stereocenters. The first kappa shape index (κ1) is 21.2. The zero-order valence-corrected chi connectivity index (χ0v) is 17.9. The molecule has 1 saturated carbocycles. The number of piperidine rings is 1. The number of hydrogen-bond acceptors (Lipinski definition) is 4. The molecule has 2 saturated heterocycles. The summed E-state index contributed by atoms with van der Waals surface area (Å²) in [5.74, 6) is 0.740. The average molecular weight is 434 g/mol. The van der Waals surface area contributed by atoms with Crippen molar-refractivity contribution in [3.63, 3.8) is 0 Å². The van der Waals surface area contributed by atoms with Gasteiger partial charge >= 0.3 is 6.18 Å². The molecule has 0 N–H and O–H groups in total. The SMILES string of the molecule is CC(C)n1nc(C(F)(F)F)cc1[C@H]1CCC[C@@H](N2CCC3(CC2)CS(=O)(=O)C3)C1. The zero-order valence-electron chi connectivity index (χ0n) is 17.1. The quantitative estimate of drug-likeness (QED) is 0.723. The van der Waals surface area contributed by atoms with E-state index in [1.807, 2.05) is 13.8 Å². The first-order valence-corrected chi connectivity index (χ1v) is 12.4. The Bertz CT molecular complexity index is 841. The van der Waals surface area contributed by atoms with Crippen LogP contribution in [0.1, 0.15) is 75.7 Å². The Kier molecular flexibility index (Phi) is 5.29. The van der Waals surface area contributed by atoms with Gasteiger partial charge < -0.3 is 4.90 Å². The van der Waals surface area contributed by atoms with Gasteiger partial charge in [-0.05, 0) is 65.1 Å². The monoisotopic (exact) mass is 433 g/mol. The number of sulfone groups is 1. The molecule has 1 aromatic heterocycles. The Morgan fingerprint density at radius 2 is 1.83 bits per heavy atom. The van der Waals surface area contributed by atoms with Crippen molar-refractivity contribution in [1.29, 1.82) is 0 Å². The third kappa shape index (κ3) is 4.22. The highest BCUT2D eigenvalue weighted by Gasteiger charge is 2.50. The lowest BCUT2D eigenvalue weighted by Gasteiger charge is -2.49. The zero-order chi connectivity index (χ0) is 21.0. The second kappa shape index (κ2) is 7.25. The van der Waals surface area contributed by atoms with Gasteiger partial charge in [-0.15, -0.1) is 0 Å². The summed E-state index contributed by atoms with van der Waals surface area (Å²) < 4.78 is 64.4. The minimum atomic E-state index is -4.42. The van der Waals surface area contributed by atoms with E-state index in [2.05, 4.69) is 10.00 Å². The number of alkyl halides is 3. The number of aromatic nitrogens is 2. The van der Waals surface area contributed by atoms with E-state index in [0.29, 0.717) is 23.2 Å². The number of rotatable bonds is 3. The van der Waals surface area contributed by atoms with Crippen molar-refractivity contribution in [2.75, 3.05) is 24.6 Å². The molecule has 2 aliphatic heterocycles. The Hall–Kier alpha value is -1.09. The largest absolute Gasteiger partial charge is 0.435 e. The molecule has 3 aliphatic rings. The van der Waals surface area contributed by atoms with E-state index < -0.39 is 21.7 Å². The molecule has 1 spiro atoms. The number of likely N-dealkylation sites (tertiary alicyclic amines) is 1. The third-order valence-electron chi connectivity index (χ3n) is 7.04. The van der Waals surface area contributed by atoms with E-state index in [-0.39, 0.29) is 17.4 Å². The van der Waals surface area contributed by atoms with Crippen LogP contribution in [0.15, 0.2) is 6.07 Å². The van der Waals surface area contributed by atoms with Crippen LogP contribution in [0.5, 0.6) is 0 Å². The lowest BCUT2D eigenvalue weighted by molar-refractivity contribution is -0.141. The molecule has 9 heteroatoms. The van der Waals surface area contributed by atoms with Crippen molar-refractivity contribution in [3.8, 4) is 0 Å². The van der Waals surface area contributed by atoms with Gasteiger partial charge in [0.05, 0.1) is 11.5 Å². The smallest absolute Gasteiger partial charge is 0.300 e. The molecular weight excluding hydrogens is 403 g/mol. The van der Waals surface area contributed by atoms with E-state index in [4.69, 9.17) is 0 Å². The van der Waals surface area contributed by atoms with E-state index in [0.717, 1.165) is 51.6 Å². The molecule has 0 amide bonds. The normalized spacial score (nSPS) is 29.9. The minimum absolute atomic E-state index is 0.0126. The molecule has 0 aromatic carbocycles. The number of hydrogen-bond donors (Lipinski definition) is 0. The van der Waals surface area contributed by atoms with Gasteiger partial charge in [-0.25, -0.2) is 8.42 Å². The summed E-state index contributed by atoms with van der Waals surface area (Å²) in [5, 5.41) is 3.87. The maximum Gasteiger partial charge on any atom is 0.435 e. The highest BCUT2D eigenvalue weighted by atomic mass is 32.2. The van der Waals surface area contributed by atoms with Crippen molar-refractivity contribution < 1.29 is 21.6 Å². The van der Waals surface area contributed by atoms with Crippen LogP contribution >= 0.6 is 0 Å². The number of nitrogens with zero attached hydrogens (tertiary/aromatic N) is 3. The standard InChI is InChI=1S/C20H30F3N3O2S/c1-14(2)26-17(11-18(24-26)20(21,22)23)15-4-3-5-16(10-15)25-8-6-19(7-9-25)12-29(27,28)13-19/h11,14-16H,3-10,12-13H2,1-2H3/t15-,16+/m0/s1. The van der Waals surface area contributed by atoms with E-state index >= 15 is 0 Å². The summed E-state index contributed by atoms with van der Waals surface area (Å²) in [4.78, 5) is 2.45. The van der Waals surface area contributed by atoms with E-state index in [1.54, 1.807) is 4.68 Å². The first-order valence-electron chi connectivity index (χ1n) is 10.6. The molecular formula is C20H30F3N3O2S. The van der Waals surface area contributed by atoms with Gasteiger partial charge in [-0.3, -0.25) is 4.68 Å². The number of halogens is 3. The fourth-order valence-corrected chi connectivity index (χ4v) is 7.93. The van der Waals surface area contributed by atoms with Crippen molar-refractivity contribution in [2.24, 2.45) is 5.41 Å². The Morgan fingerprint density at radius 3 is 2.38 bits per heavy atom. The summed E-state index contributed by atoms with van der Waals surface area (Å²) in [5.41, 5.74) is -0.105. The van der Waals surface area contributed by atoms with Gasteiger partial charge in [0.15, 0.2) is 15.5 Å². The molecule has 0 unspecified atom stereocenters. The Morgan fingerprint density at radius 1 is 1.17 bits per heavy atom. The van der Waals surface area contributed by atoms with Crippen molar-refractivity contribution >= 4 is 9.84 Å². The molecule has 0 bridgehead atoms. The molecule has 29 heavy (non-hydrogen) atoms. The second-order valence-electron chi connectivity index (χ2n) is 9.58. The van der Waals surface area contributed by atoms with Gasteiger partial charge in [0, 0.05) is 29.1 Å². The molecule has 1 aromatic rings. The van der Waals surface area contributed by atoms with Crippen LogP contribution in [0.3, 0.4) is 0 Å². The fourth-order valence-electron chi connectivity index (χ4n) is 5.57. The maximum atomic E-state index is 13.2. The van der Waals surface area contributed by atoms with Gasteiger partial charge in [-0.2, -0.15) is 18.3 Å². The fraction of sp³-hybridized carbons (Fsp3) is 0.850. The van der Waals surface area contributed by atoms with Gasteiger partial charge in [0.25, 0.3) is 0 Å². The highest BCUT2D eigenvalue weighted by molar-refractivity contribution is 7.92. The van der Waals surface area contributed by atoms with Crippen LogP contribution in [0, 0.1) is 5.41 Å². The van der Waals surface area contributed by atoms with Crippen LogP contribution in [-0.4, -0.2) is 53.7 Å². The van der Waals surface area contributed by atoms with Gasteiger partial charge in [0.1, 0.15) is 0 Å². The van der Waals surface area contributed by atoms with Crippen LogP contribution in [0.2, 0.25) is 0 Å². The lowest BCUT2D eigenvalue weighted by atomic mass is 9.78. The molecule has 4 rings (SSSR count). The van der Waals surface area contributed by atoms with Crippen LogP contribution < -0.4 is 0 Å². The summed E-state index contributed by atoms with van der Waals surface area (Å²) in [6, 6.07) is 1.49. The van der Waals surface area contributed by atoms with Gasteiger partial charge in [0.2, 0.25) is 0 Å². The summed E-state index contributed by atoms with van der Waals surface area (Å²) >= 11 is 0. The molecule has 164 valence electrons. The predicted molar refractivity (Wildman–Crippen MR) is 105 cm³/mol. The topological polar surface area (TPSA) is 55.2 Å². The van der Waals surface area contributed by atoms with E-state index in [1.165, 1.54) is 6.07 Å². The predicted octanol–water partition coefficient (Wildman–Crippen LogP) is 4.02. The van der Waals surface area contributed by atoms with Crippen molar-refractivity contribution in [3.05, 3.63) is 17.5 Å². The summed E-state index contributed by atoms with van der Waals surface area (Å²) in [6.45, 7) is 5.52. The molecule has 5 nitrogen and oxygen atoms in total. The maximum absolute atomic E-state index is 13.2. The van der Waals surface area contributed by atoms with Crippen LogP contribution in [0.25, 0.3) is 0 Å². The van der Waals surface area contributed by atoms with Crippen LogP contribution in [0.4, 0.5) is 13.2 Å². The van der Waals surface area contributed by atoms with E-state index in [9.17, 15) is 21.6 Å². The Balaban J connectivity index is 1.45. The molecule has 3 heterocycles. The van der Waals surface area contributed by atoms with Crippen molar-refractivity contribution in [2.45, 2.75) is 76.6 Å². The lowest BCUT2D eigenvalue weighted by Crippen LogP contribution is -2.56. The third-order valence-corrected chi connectivity index (χ3v) is 9.14. The highest BCUT2D eigenvalue weighted by Crippen LogP contribution is 2.45. The van der Waals surface area contributed by atoms with Crippen molar-refractivity contribution in [1.82, 2.24) is 14.7 Å². The first-order chi connectivity index (χ1) is 13.5. The molecule has 1 aliphatic carbocycles. The van der Waals surface area contributed by atoms with Gasteiger partial charge in [-0.1, -0.05) is 6.42 Å². The average Bonchev–Trinajstić information content (AvgIpc) is 3.07. The van der Waals surface area contributed by atoms with Crippen LogP contribution in [-0.2, 0) is 16.0 Å². The minimum Gasteiger partial charge on any atom is -0.300 e. The Labute approximate surface area is 170 Å².